The van der Waals surface area contributed by atoms with E-state index in [1.165, 1.54) is 10.7 Å². The molecule has 29 heavy (non-hydrogen) atoms. The number of hydrogen-bond acceptors (Lipinski definition) is 5. The van der Waals surface area contributed by atoms with Crippen LogP contribution in [-0.4, -0.2) is 15.7 Å². The van der Waals surface area contributed by atoms with Crippen LogP contribution in [0.25, 0.3) is 21.7 Å². The van der Waals surface area contributed by atoms with Crippen molar-refractivity contribution in [3.8, 4) is 12.3 Å². The second kappa shape index (κ2) is 7.44. The molecule has 1 amide bonds. The first-order valence-corrected chi connectivity index (χ1v) is 8.82. The molecule has 0 saturated carbocycles. The third-order valence-electron chi connectivity index (χ3n) is 4.49. The molecule has 1 N–H and O–H groups in total. The Labute approximate surface area is 164 Å². The zero-order valence-corrected chi connectivity index (χ0v) is 15.2. The Bertz CT molecular complexity index is 1410. The van der Waals surface area contributed by atoms with Crippen LogP contribution in [0.2, 0.25) is 0 Å². The highest BCUT2D eigenvalue weighted by Crippen LogP contribution is 2.14. The summed E-state index contributed by atoms with van der Waals surface area (Å²) >= 11 is 0. The standard InChI is InChI=1S/C22H15N3O4/c1-2-11-25-21(27)16-9-5-4-8-15(16)18(24-25)13-23-20(26)17-12-14-7-3-6-10-19(14)29-22(17)28/h1,3-10,12H,11,13H2,(H,23,26). The van der Waals surface area contributed by atoms with Crippen molar-refractivity contribution < 1.29 is 9.21 Å². The number of fused-ring (bicyclic) bond motifs is 2. The fourth-order valence-corrected chi connectivity index (χ4v) is 3.11. The topological polar surface area (TPSA) is 94.2 Å². The van der Waals surface area contributed by atoms with Crippen molar-refractivity contribution in [3.63, 3.8) is 0 Å². The molecule has 4 rings (SSSR count). The molecule has 0 radical (unpaired) electrons. The number of para-hydroxylation sites is 1. The van der Waals surface area contributed by atoms with E-state index in [1.807, 2.05) is 0 Å². The summed E-state index contributed by atoms with van der Waals surface area (Å²) in [4.78, 5) is 37.2. The molecule has 2 heterocycles. The number of nitrogens with one attached hydrogen (secondary N) is 1. The van der Waals surface area contributed by atoms with Gasteiger partial charge in [0.25, 0.3) is 11.5 Å². The first-order chi connectivity index (χ1) is 14.1. The van der Waals surface area contributed by atoms with Gasteiger partial charge in [-0.2, -0.15) is 5.10 Å². The maximum Gasteiger partial charge on any atom is 0.349 e. The van der Waals surface area contributed by atoms with Crippen molar-refractivity contribution in [3.05, 3.63) is 86.6 Å². The lowest BCUT2D eigenvalue weighted by Gasteiger charge is -2.10. The number of carbonyl (C=O) groups is 1. The third kappa shape index (κ3) is 3.39. The Hall–Kier alpha value is -4.18. The van der Waals surface area contributed by atoms with Gasteiger partial charge in [-0.3, -0.25) is 9.59 Å². The largest absolute Gasteiger partial charge is 0.422 e. The molecule has 0 aliphatic rings. The van der Waals surface area contributed by atoms with Gasteiger partial charge in [0.2, 0.25) is 0 Å². The van der Waals surface area contributed by atoms with Gasteiger partial charge in [0.05, 0.1) is 17.6 Å². The lowest BCUT2D eigenvalue weighted by atomic mass is 10.1. The summed E-state index contributed by atoms with van der Waals surface area (Å²) < 4.78 is 6.38. The lowest BCUT2D eigenvalue weighted by molar-refractivity contribution is 0.0947. The number of amides is 1. The van der Waals surface area contributed by atoms with Crippen LogP contribution in [0.15, 0.2) is 68.6 Å². The minimum atomic E-state index is -0.726. The highest BCUT2D eigenvalue weighted by Gasteiger charge is 2.15. The molecule has 4 aromatic rings. The summed E-state index contributed by atoms with van der Waals surface area (Å²) in [7, 11) is 0. The van der Waals surface area contributed by atoms with Crippen molar-refractivity contribution >= 4 is 27.6 Å². The van der Waals surface area contributed by atoms with Gasteiger partial charge >= 0.3 is 5.63 Å². The van der Waals surface area contributed by atoms with Gasteiger partial charge < -0.3 is 9.73 Å². The second-order valence-electron chi connectivity index (χ2n) is 6.33. The first kappa shape index (κ1) is 18.2. The van der Waals surface area contributed by atoms with Gasteiger partial charge in [-0.15, -0.1) is 6.42 Å². The molecule has 0 atom stereocenters. The van der Waals surface area contributed by atoms with Gasteiger partial charge in [0, 0.05) is 10.8 Å². The Morgan fingerprint density at radius 3 is 2.62 bits per heavy atom. The summed E-state index contributed by atoms with van der Waals surface area (Å²) in [5.74, 6) is 1.80. The molecule has 142 valence electrons. The first-order valence-electron chi connectivity index (χ1n) is 8.82. The van der Waals surface area contributed by atoms with Gasteiger partial charge in [-0.05, 0) is 18.2 Å². The van der Waals surface area contributed by atoms with Crippen molar-refractivity contribution in [1.29, 1.82) is 0 Å². The van der Waals surface area contributed by atoms with E-state index >= 15 is 0 Å². The van der Waals surface area contributed by atoms with Crippen LogP contribution in [0.1, 0.15) is 16.1 Å². The van der Waals surface area contributed by atoms with Crippen LogP contribution < -0.4 is 16.5 Å². The molecule has 7 nitrogen and oxygen atoms in total. The van der Waals surface area contributed by atoms with E-state index in [4.69, 9.17) is 10.8 Å². The maximum absolute atomic E-state index is 12.6. The smallest absolute Gasteiger partial charge is 0.349 e. The number of carbonyl (C=O) groups excluding carboxylic acids is 1. The molecule has 0 aliphatic heterocycles. The molecule has 0 spiro atoms. The van der Waals surface area contributed by atoms with Crippen molar-refractivity contribution in [1.82, 2.24) is 15.1 Å². The Balaban J connectivity index is 1.68. The number of terminal acetylenes is 1. The lowest BCUT2D eigenvalue weighted by Crippen LogP contribution is -2.30. The minimum absolute atomic E-state index is 0.0104. The Morgan fingerprint density at radius 1 is 1.10 bits per heavy atom. The number of rotatable bonds is 4. The predicted molar refractivity (Wildman–Crippen MR) is 108 cm³/mol. The van der Waals surface area contributed by atoms with Crippen LogP contribution in [0.3, 0.4) is 0 Å². The van der Waals surface area contributed by atoms with E-state index < -0.39 is 11.5 Å². The average molecular weight is 385 g/mol. The predicted octanol–water partition coefficient (Wildman–Crippen LogP) is 2.07. The van der Waals surface area contributed by atoms with Crippen molar-refractivity contribution in [2.24, 2.45) is 0 Å². The minimum Gasteiger partial charge on any atom is -0.422 e. The molecule has 0 unspecified atom stereocenters. The summed E-state index contributed by atoms with van der Waals surface area (Å²) in [5.41, 5.74) is -0.262. The Morgan fingerprint density at radius 2 is 1.83 bits per heavy atom. The fraction of sp³-hybridized carbons (Fsp3) is 0.0909. The molecule has 2 aromatic heterocycles. The number of aromatic nitrogens is 2. The monoisotopic (exact) mass is 385 g/mol. The Kier molecular flexibility index (Phi) is 4.67. The molecule has 0 saturated heterocycles. The zero-order valence-electron chi connectivity index (χ0n) is 15.2. The van der Waals surface area contributed by atoms with Crippen molar-refractivity contribution in [2.75, 3.05) is 0 Å². The molecule has 0 aliphatic carbocycles. The number of benzene rings is 2. The van der Waals surface area contributed by atoms with Crippen LogP contribution in [0, 0.1) is 12.3 Å². The molecule has 0 bridgehead atoms. The molecular weight excluding hydrogens is 370 g/mol. The van der Waals surface area contributed by atoms with Crippen LogP contribution in [0.5, 0.6) is 0 Å². The van der Waals surface area contributed by atoms with Gasteiger partial charge in [-0.25, -0.2) is 9.48 Å². The van der Waals surface area contributed by atoms with Crippen LogP contribution in [-0.2, 0) is 13.1 Å². The SMILES string of the molecule is C#CCn1nc(CNC(=O)c2cc3ccccc3oc2=O)c2ccccc2c1=O. The quantitative estimate of drug-likeness (QED) is 0.429. The third-order valence-corrected chi connectivity index (χ3v) is 4.49. The molecule has 7 heteroatoms. The summed E-state index contributed by atoms with van der Waals surface area (Å²) in [6.45, 7) is 0.0232. The van der Waals surface area contributed by atoms with Gasteiger partial charge in [0.15, 0.2) is 0 Å². The second-order valence-corrected chi connectivity index (χ2v) is 6.33. The van der Waals surface area contributed by atoms with E-state index in [0.717, 1.165) is 0 Å². The van der Waals surface area contributed by atoms with E-state index in [9.17, 15) is 14.4 Å². The fourth-order valence-electron chi connectivity index (χ4n) is 3.11. The average Bonchev–Trinajstić information content (AvgIpc) is 2.74. The zero-order chi connectivity index (χ0) is 20.4. The highest BCUT2D eigenvalue weighted by molar-refractivity contribution is 5.96. The summed E-state index contributed by atoms with van der Waals surface area (Å²) in [6, 6.07) is 15.4. The van der Waals surface area contributed by atoms with E-state index in [1.54, 1.807) is 48.5 Å². The van der Waals surface area contributed by atoms with E-state index in [2.05, 4.69) is 16.3 Å². The summed E-state index contributed by atoms with van der Waals surface area (Å²) in [6.07, 6.45) is 5.32. The number of hydrogen-bond donors (Lipinski definition) is 1. The van der Waals surface area contributed by atoms with E-state index in [-0.39, 0.29) is 24.2 Å². The summed E-state index contributed by atoms with van der Waals surface area (Å²) in [5, 5.41) is 8.65. The molecule has 2 aromatic carbocycles. The maximum atomic E-state index is 12.6. The van der Waals surface area contributed by atoms with Crippen molar-refractivity contribution in [2.45, 2.75) is 13.1 Å². The molecule has 0 fully saturated rings. The van der Waals surface area contributed by atoms with Gasteiger partial charge in [-0.1, -0.05) is 42.3 Å². The normalized spacial score (nSPS) is 10.7. The van der Waals surface area contributed by atoms with Crippen LogP contribution in [0.4, 0.5) is 0 Å². The molecular formula is C22H15N3O4. The van der Waals surface area contributed by atoms with Crippen LogP contribution >= 0.6 is 0 Å². The number of nitrogens with zero attached hydrogens (tertiary/aromatic N) is 2. The van der Waals surface area contributed by atoms with Gasteiger partial charge in [0.1, 0.15) is 17.7 Å². The highest BCUT2D eigenvalue weighted by atomic mass is 16.4. The van der Waals surface area contributed by atoms with E-state index in [0.29, 0.717) is 27.4 Å².